The van der Waals surface area contributed by atoms with E-state index in [-0.39, 0.29) is 23.1 Å². The minimum Gasteiger partial charge on any atom is -0.491 e. The van der Waals surface area contributed by atoms with Gasteiger partial charge in [-0.25, -0.2) is 0 Å². The van der Waals surface area contributed by atoms with Gasteiger partial charge in [0, 0.05) is 16.7 Å². The zero-order valence-electron chi connectivity index (χ0n) is 19.6. The second kappa shape index (κ2) is 9.31. The van der Waals surface area contributed by atoms with Crippen molar-refractivity contribution in [3.8, 4) is 40.0 Å². The maximum absolute atomic E-state index is 14.0. The molecule has 2 aliphatic rings. The Morgan fingerprint density at radius 2 is 1.70 bits per heavy atom. The highest BCUT2D eigenvalue weighted by atomic mass is 19.4. The molecule has 192 valence electrons. The predicted octanol–water partition coefficient (Wildman–Crippen LogP) is 5.36. The molecule has 1 N–H and O–H groups in total. The molecule has 6 rings (SSSR count). The van der Waals surface area contributed by atoms with Crippen molar-refractivity contribution in [1.29, 1.82) is 0 Å². The third-order valence-corrected chi connectivity index (χ3v) is 6.87. The van der Waals surface area contributed by atoms with E-state index in [0.717, 1.165) is 25.9 Å². The van der Waals surface area contributed by atoms with Gasteiger partial charge < -0.3 is 18.9 Å². The quantitative estimate of drug-likeness (QED) is 0.391. The Morgan fingerprint density at radius 1 is 0.919 bits per heavy atom. The fraction of sp³-hybridized carbons (Fsp3) is 0.346. The number of benzene rings is 2. The standard InChI is InChI=1S/C26H23F3N4O4/c27-26(28,29)20-21(15-7-3-1-4-8-15)31-36-23(20)25-30-24(32-37-25)16-9-10-17-19(13-16)35-14-18(22(17)34)33-11-5-2-6-12-33/h1,3-4,7-10,13,18,22,34H,2,5-6,11-12,14H2/t18-,22+/m1/s1. The maximum Gasteiger partial charge on any atom is 0.422 e. The number of nitrogens with zero attached hydrogens (tertiary/aromatic N) is 4. The van der Waals surface area contributed by atoms with E-state index in [1.165, 1.54) is 18.6 Å². The Labute approximate surface area is 209 Å². The number of fused-ring (bicyclic) bond motifs is 1. The van der Waals surface area contributed by atoms with Gasteiger partial charge in [0.2, 0.25) is 11.6 Å². The first-order valence-electron chi connectivity index (χ1n) is 12.1. The van der Waals surface area contributed by atoms with Crippen molar-refractivity contribution in [3.63, 3.8) is 0 Å². The molecular formula is C26H23F3N4O4. The number of hydrogen-bond acceptors (Lipinski definition) is 8. The van der Waals surface area contributed by atoms with Gasteiger partial charge in [-0.15, -0.1) is 0 Å². The van der Waals surface area contributed by atoms with Gasteiger partial charge in [-0.3, -0.25) is 4.90 Å². The number of aliphatic hydroxyl groups is 1. The van der Waals surface area contributed by atoms with E-state index in [1.807, 2.05) is 0 Å². The highest BCUT2D eigenvalue weighted by Gasteiger charge is 2.43. The average Bonchev–Trinajstić information content (AvgIpc) is 3.58. The number of aliphatic hydroxyl groups excluding tert-OH is 1. The molecule has 0 unspecified atom stereocenters. The summed E-state index contributed by atoms with van der Waals surface area (Å²) in [5, 5.41) is 18.5. The van der Waals surface area contributed by atoms with Gasteiger partial charge in [0.05, 0.1) is 6.04 Å². The molecule has 2 atom stereocenters. The summed E-state index contributed by atoms with van der Waals surface area (Å²) in [6.45, 7) is 2.19. The summed E-state index contributed by atoms with van der Waals surface area (Å²) in [5.41, 5.74) is -0.0836. The van der Waals surface area contributed by atoms with Crippen LogP contribution in [0.3, 0.4) is 0 Å². The molecule has 0 amide bonds. The van der Waals surface area contributed by atoms with E-state index in [2.05, 4.69) is 20.2 Å². The number of hydrogen-bond donors (Lipinski definition) is 1. The molecule has 0 aliphatic carbocycles. The fourth-order valence-electron chi connectivity index (χ4n) is 5.00. The number of halogens is 3. The van der Waals surface area contributed by atoms with E-state index in [0.29, 0.717) is 23.5 Å². The van der Waals surface area contributed by atoms with Crippen LogP contribution in [0, 0.1) is 0 Å². The van der Waals surface area contributed by atoms with E-state index >= 15 is 0 Å². The number of piperidine rings is 1. The van der Waals surface area contributed by atoms with Crippen molar-refractivity contribution in [2.24, 2.45) is 0 Å². The van der Waals surface area contributed by atoms with Gasteiger partial charge in [0.15, 0.2) is 0 Å². The highest BCUT2D eigenvalue weighted by molar-refractivity contribution is 5.71. The van der Waals surface area contributed by atoms with Crippen LogP contribution in [0.4, 0.5) is 13.2 Å². The summed E-state index contributed by atoms with van der Waals surface area (Å²) < 4.78 is 58.2. The summed E-state index contributed by atoms with van der Waals surface area (Å²) in [5.74, 6) is -0.564. The first-order valence-corrected chi connectivity index (χ1v) is 12.1. The molecular weight excluding hydrogens is 489 g/mol. The molecule has 4 aromatic rings. The van der Waals surface area contributed by atoms with Crippen molar-refractivity contribution in [2.45, 2.75) is 37.6 Å². The molecule has 2 aliphatic heterocycles. The highest BCUT2D eigenvalue weighted by Crippen LogP contribution is 2.43. The second-order valence-corrected chi connectivity index (χ2v) is 9.19. The summed E-state index contributed by atoms with van der Waals surface area (Å²) >= 11 is 0. The molecule has 0 bridgehead atoms. The molecule has 1 saturated heterocycles. The van der Waals surface area contributed by atoms with E-state index in [4.69, 9.17) is 13.8 Å². The Balaban J connectivity index is 1.30. The van der Waals surface area contributed by atoms with Crippen LogP contribution in [-0.2, 0) is 6.18 Å². The molecule has 37 heavy (non-hydrogen) atoms. The van der Waals surface area contributed by atoms with Crippen LogP contribution in [0.5, 0.6) is 5.75 Å². The van der Waals surface area contributed by atoms with Crippen LogP contribution in [0.1, 0.15) is 36.5 Å². The van der Waals surface area contributed by atoms with E-state index in [9.17, 15) is 18.3 Å². The number of rotatable bonds is 4. The first kappa shape index (κ1) is 23.7. The predicted molar refractivity (Wildman–Crippen MR) is 125 cm³/mol. The van der Waals surface area contributed by atoms with Crippen LogP contribution in [0.15, 0.2) is 57.6 Å². The van der Waals surface area contributed by atoms with Crippen LogP contribution in [0.2, 0.25) is 0 Å². The number of alkyl halides is 3. The Hall–Kier alpha value is -3.70. The smallest absolute Gasteiger partial charge is 0.422 e. The molecule has 0 spiro atoms. The molecule has 11 heteroatoms. The lowest BCUT2D eigenvalue weighted by Gasteiger charge is -2.40. The lowest BCUT2D eigenvalue weighted by Crippen LogP contribution is -2.48. The second-order valence-electron chi connectivity index (χ2n) is 9.19. The van der Waals surface area contributed by atoms with Crippen molar-refractivity contribution in [3.05, 3.63) is 59.7 Å². The first-order chi connectivity index (χ1) is 17.9. The number of aromatic nitrogens is 3. The monoisotopic (exact) mass is 512 g/mol. The summed E-state index contributed by atoms with van der Waals surface area (Å²) in [4.78, 5) is 6.41. The molecule has 0 saturated carbocycles. The molecule has 0 radical (unpaired) electrons. The maximum atomic E-state index is 14.0. The summed E-state index contributed by atoms with van der Waals surface area (Å²) in [6, 6.07) is 12.9. The lowest BCUT2D eigenvalue weighted by atomic mass is 9.95. The zero-order valence-corrected chi connectivity index (χ0v) is 19.6. The molecule has 2 aromatic carbocycles. The lowest BCUT2D eigenvalue weighted by molar-refractivity contribution is -0.136. The van der Waals surface area contributed by atoms with Crippen molar-refractivity contribution >= 4 is 0 Å². The van der Waals surface area contributed by atoms with Crippen LogP contribution >= 0.6 is 0 Å². The third kappa shape index (κ3) is 4.38. The van der Waals surface area contributed by atoms with Gasteiger partial charge >= 0.3 is 6.18 Å². The van der Waals surface area contributed by atoms with E-state index in [1.54, 1.807) is 36.4 Å². The summed E-state index contributed by atoms with van der Waals surface area (Å²) in [7, 11) is 0. The van der Waals surface area contributed by atoms with Crippen LogP contribution in [0.25, 0.3) is 34.3 Å². The number of likely N-dealkylation sites (tertiary alicyclic amines) is 1. The molecule has 1 fully saturated rings. The Morgan fingerprint density at radius 3 is 2.46 bits per heavy atom. The molecule has 4 heterocycles. The van der Waals surface area contributed by atoms with Gasteiger partial charge in [0.25, 0.3) is 5.89 Å². The largest absolute Gasteiger partial charge is 0.491 e. The fourth-order valence-corrected chi connectivity index (χ4v) is 5.00. The Kier molecular flexibility index (Phi) is 5.96. The number of ether oxygens (including phenoxy) is 1. The van der Waals surface area contributed by atoms with Crippen molar-refractivity contribution in [1.82, 2.24) is 20.2 Å². The van der Waals surface area contributed by atoms with Crippen LogP contribution in [-0.4, -0.2) is 51.0 Å². The minimum absolute atomic E-state index is 0.0554. The van der Waals surface area contributed by atoms with Gasteiger partial charge in [-0.1, -0.05) is 59.2 Å². The topological polar surface area (TPSA) is 97.7 Å². The molecule has 2 aromatic heterocycles. The third-order valence-electron chi connectivity index (χ3n) is 6.87. The summed E-state index contributed by atoms with van der Waals surface area (Å²) in [6.07, 6.45) is -2.09. The van der Waals surface area contributed by atoms with Gasteiger partial charge in [-0.05, 0) is 32.0 Å². The average molecular weight is 512 g/mol. The van der Waals surface area contributed by atoms with Crippen LogP contribution < -0.4 is 4.74 Å². The van der Waals surface area contributed by atoms with Crippen molar-refractivity contribution in [2.75, 3.05) is 19.7 Å². The minimum atomic E-state index is -4.77. The van der Waals surface area contributed by atoms with Gasteiger partial charge in [0.1, 0.15) is 29.7 Å². The zero-order chi connectivity index (χ0) is 25.6. The van der Waals surface area contributed by atoms with Gasteiger partial charge in [-0.2, -0.15) is 18.2 Å². The molecule has 8 nitrogen and oxygen atoms in total. The normalized spacial score (nSPS) is 20.4. The SMILES string of the molecule is O[C@H]1c2ccc(-c3noc(-c4onc(-c5ccccc5)c4C(F)(F)F)n3)cc2OC[C@H]1N1CCCCC1. The Bertz CT molecular complexity index is 1400. The van der Waals surface area contributed by atoms with E-state index < -0.39 is 29.5 Å². The van der Waals surface area contributed by atoms with Crippen molar-refractivity contribution < 1.29 is 32.1 Å².